The minimum Gasteiger partial charge on any atom is -0.493 e. The average Bonchev–Trinajstić information content (AvgIpc) is 3.12. The monoisotopic (exact) mass is 472 g/mol. The number of amides is 3. The molecule has 0 atom stereocenters. The summed E-state index contributed by atoms with van der Waals surface area (Å²) in [6.07, 6.45) is 3.88. The Morgan fingerprint density at radius 3 is 2.46 bits per heavy atom. The van der Waals surface area contributed by atoms with E-state index in [4.69, 9.17) is 9.47 Å². The summed E-state index contributed by atoms with van der Waals surface area (Å²) in [7, 11) is 1.55. The minimum absolute atomic E-state index is 0.0413. The van der Waals surface area contributed by atoms with Crippen LogP contribution in [0.1, 0.15) is 22.3 Å². The maximum atomic E-state index is 13.2. The lowest BCUT2D eigenvalue weighted by Gasteiger charge is -2.16. The van der Waals surface area contributed by atoms with Crippen LogP contribution in [-0.2, 0) is 24.4 Å². The highest BCUT2D eigenvalue weighted by Crippen LogP contribution is 2.35. The highest BCUT2D eigenvalue weighted by Gasteiger charge is 2.33. The van der Waals surface area contributed by atoms with Crippen LogP contribution in [0.5, 0.6) is 11.5 Å². The third kappa shape index (κ3) is 5.58. The lowest BCUT2D eigenvalue weighted by atomic mass is 10.0. The van der Waals surface area contributed by atoms with Gasteiger partial charge in [0.1, 0.15) is 18.1 Å². The quantitative estimate of drug-likeness (QED) is 0.263. The number of carbonyl (C=O) groups excluding carboxylic acids is 2. The lowest BCUT2D eigenvalue weighted by molar-refractivity contribution is -0.123. The number of rotatable bonds is 9. The van der Waals surface area contributed by atoms with Crippen molar-refractivity contribution in [1.29, 1.82) is 0 Å². The van der Waals surface area contributed by atoms with E-state index in [0.717, 1.165) is 16.0 Å². The summed E-state index contributed by atoms with van der Waals surface area (Å²) >= 11 is 0. The number of allylic oxidation sites excluding steroid dienone is 1. The number of urea groups is 1. The lowest BCUT2D eigenvalue weighted by Crippen LogP contribution is -2.30. The largest absolute Gasteiger partial charge is 0.493 e. The van der Waals surface area contributed by atoms with Crippen molar-refractivity contribution < 1.29 is 23.5 Å². The SMILES string of the molecule is C=CCc1cc(/C=C2/NC(=O)N(Cc3ccc(F)cc3)C2=O)cc(OC)c1OCc1ccccc1. The third-order valence-electron chi connectivity index (χ3n) is 5.49. The molecule has 1 aliphatic rings. The molecule has 1 heterocycles. The number of ether oxygens (including phenoxy) is 2. The molecule has 1 aliphatic heterocycles. The number of hydrogen-bond acceptors (Lipinski definition) is 4. The maximum Gasteiger partial charge on any atom is 0.329 e. The zero-order valence-corrected chi connectivity index (χ0v) is 19.3. The zero-order chi connectivity index (χ0) is 24.8. The molecule has 4 rings (SSSR count). The van der Waals surface area contributed by atoms with Gasteiger partial charge >= 0.3 is 6.03 Å². The van der Waals surface area contributed by atoms with Crippen LogP contribution in [0, 0.1) is 5.82 Å². The van der Waals surface area contributed by atoms with Crippen LogP contribution < -0.4 is 14.8 Å². The van der Waals surface area contributed by atoms with Crippen molar-refractivity contribution in [2.75, 3.05) is 7.11 Å². The number of halogens is 1. The smallest absolute Gasteiger partial charge is 0.329 e. The van der Waals surface area contributed by atoms with Gasteiger partial charge in [-0.15, -0.1) is 6.58 Å². The summed E-state index contributed by atoms with van der Waals surface area (Å²) < 4.78 is 24.8. The first-order chi connectivity index (χ1) is 17.0. The second kappa shape index (κ2) is 10.7. The van der Waals surface area contributed by atoms with Gasteiger partial charge in [-0.25, -0.2) is 9.18 Å². The number of nitrogens with zero attached hydrogens (tertiary/aromatic N) is 1. The van der Waals surface area contributed by atoms with Crippen molar-refractivity contribution in [3.63, 3.8) is 0 Å². The summed E-state index contributed by atoms with van der Waals surface area (Å²) in [5, 5.41) is 2.62. The molecule has 0 aromatic heterocycles. The van der Waals surface area contributed by atoms with E-state index in [1.807, 2.05) is 36.4 Å². The van der Waals surface area contributed by atoms with Gasteiger partial charge in [-0.2, -0.15) is 0 Å². The van der Waals surface area contributed by atoms with Crippen molar-refractivity contribution in [2.24, 2.45) is 0 Å². The Morgan fingerprint density at radius 2 is 1.77 bits per heavy atom. The highest BCUT2D eigenvalue weighted by molar-refractivity contribution is 6.13. The molecule has 1 N–H and O–H groups in total. The van der Waals surface area contributed by atoms with E-state index in [2.05, 4.69) is 11.9 Å². The molecule has 0 radical (unpaired) electrons. The molecule has 178 valence electrons. The Bertz CT molecular complexity index is 1270. The van der Waals surface area contributed by atoms with Crippen LogP contribution in [0.4, 0.5) is 9.18 Å². The van der Waals surface area contributed by atoms with Gasteiger partial charge in [0.05, 0.1) is 13.7 Å². The van der Waals surface area contributed by atoms with Crippen LogP contribution in [0.15, 0.2) is 85.1 Å². The molecule has 35 heavy (non-hydrogen) atoms. The molecular weight excluding hydrogens is 447 g/mol. The number of carbonyl (C=O) groups is 2. The third-order valence-corrected chi connectivity index (χ3v) is 5.49. The van der Waals surface area contributed by atoms with Crippen LogP contribution in [0.2, 0.25) is 0 Å². The molecule has 0 spiro atoms. The first kappa shape index (κ1) is 23.8. The summed E-state index contributed by atoms with van der Waals surface area (Å²) in [6.45, 7) is 4.24. The molecule has 0 aliphatic carbocycles. The number of imide groups is 1. The minimum atomic E-state index is -0.535. The number of methoxy groups -OCH3 is 1. The maximum absolute atomic E-state index is 13.2. The predicted molar refractivity (Wildman–Crippen MR) is 131 cm³/mol. The summed E-state index contributed by atoms with van der Waals surface area (Å²) in [6, 6.07) is 18.5. The number of nitrogens with one attached hydrogen (secondary N) is 1. The Labute approximate surface area is 203 Å². The van der Waals surface area contributed by atoms with Gasteiger partial charge in [-0.1, -0.05) is 48.5 Å². The first-order valence-corrected chi connectivity index (χ1v) is 11.1. The van der Waals surface area contributed by atoms with Gasteiger partial charge in [0.15, 0.2) is 11.5 Å². The first-order valence-electron chi connectivity index (χ1n) is 11.1. The standard InChI is InChI=1S/C28H25FN2O4/c1-3-7-22-14-21(16-25(34-2)26(22)35-18-20-8-5-4-6-9-20)15-24-27(32)31(28(33)30-24)17-19-10-12-23(29)13-11-19/h3-6,8-16H,1,7,17-18H2,2H3,(H,30,33)/b24-15+. The second-order valence-corrected chi connectivity index (χ2v) is 7.98. The second-order valence-electron chi connectivity index (χ2n) is 7.98. The number of hydrogen-bond donors (Lipinski definition) is 1. The van der Waals surface area contributed by atoms with Gasteiger partial charge in [-0.3, -0.25) is 9.69 Å². The fourth-order valence-electron chi connectivity index (χ4n) is 3.77. The summed E-state index contributed by atoms with van der Waals surface area (Å²) in [5.41, 5.74) is 3.30. The van der Waals surface area contributed by atoms with Gasteiger partial charge in [-0.05, 0) is 53.5 Å². The summed E-state index contributed by atoms with van der Waals surface area (Å²) in [5.74, 6) is 0.255. The Morgan fingerprint density at radius 1 is 1.03 bits per heavy atom. The van der Waals surface area contributed by atoms with Crippen molar-refractivity contribution in [1.82, 2.24) is 10.2 Å². The Kier molecular flexibility index (Phi) is 7.26. The van der Waals surface area contributed by atoms with E-state index < -0.39 is 11.9 Å². The molecule has 1 fully saturated rings. The van der Waals surface area contributed by atoms with Crippen LogP contribution in [0.25, 0.3) is 6.08 Å². The Balaban J connectivity index is 1.59. The van der Waals surface area contributed by atoms with Crippen LogP contribution in [-0.4, -0.2) is 23.9 Å². The van der Waals surface area contributed by atoms with Crippen molar-refractivity contribution >= 4 is 18.0 Å². The van der Waals surface area contributed by atoms with Crippen molar-refractivity contribution in [3.05, 3.63) is 113 Å². The van der Waals surface area contributed by atoms with E-state index >= 15 is 0 Å². The fourth-order valence-corrected chi connectivity index (χ4v) is 3.77. The summed E-state index contributed by atoms with van der Waals surface area (Å²) in [4.78, 5) is 26.4. The topological polar surface area (TPSA) is 67.9 Å². The van der Waals surface area contributed by atoms with Gasteiger partial charge < -0.3 is 14.8 Å². The number of benzene rings is 3. The average molecular weight is 473 g/mol. The Hall–Kier alpha value is -4.39. The molecule has 3 amide bonds. The van der Waals surface area contributed by atoms with Gasteiger partial charge in [0.2, 0.25) is 0 Å². The van der Waals surface area contributed by atoms with E-state index in [9.17, 15) is 14.0 Å². The normalized spacial score (nSPS) is 14.2. The molecule has 0 bridgehead atoms. The van der Waals surface area contributed by atoms with E-state index in [0.29, 0.717) is 35.7 Å². The predicted octanol–water partition coefficient (Wildman–Crippen LogP) is 5.23. The zero-order valence-electron chi connectivity index (χ0n) is 19.3. The fraction of sp³-hybridized carbons (Fsp3) is 0.143. The molecule has 3 aromatic rings. The molecular formula is C28H25FN2O4. The van der Waals surface area contributed by atoms with Gasteiger partial charge in [0, 0.05) is 5.56 Å². The van der Waals surface area contributed by atoms with E-state index in [1.165, 1.54) is 24.3 Å². The van der Waals surface area contributed by atoms with Crippen molar-refractivity contribution in [2.45, 2.75) is 19.6 Å². The van der Waals surface area contributed by atoms with E-state index in [1.54, 1.807) is 25.3 Å². The molecule has 3 aromatic carbocycles. The highest BCUT2D eigenvalue weighted by atomic mass is 19.1. The van der Waals surface area contributed by atoms with Crippen LogP contribution >= 0.6 is 0 Å². The molecule has 7 heteroatoms. The van der Waals surface area contributed by atoms with E-state index in [-0.39, 0.29) is 18.1 Å². The molecule has 1 saturated heterocycles. The molecule has 0 unspecified atom stereocenters. The van der Waals surface area contributed by atoms with Crippen LogP contribution in [0.3, 0.4) is 0 Å². The molecule has 0 saturated carbocycles. The van der Waals surface area contributed by atoms with Crippen molar-refractivity contribution in [3.8, 4) is 11.5 Å². The molecule has 6 nitrogen and oxygen atoms in total. The van der Waals surface area contributed by atoms with Gasteiger partial charge in [0.25, 0.3) is 5.91 Å².